The first-order chi connectivity index (χ1) is 11.1. The van der Waals surface area contributed by atoms with Gasteiger partial charge in [-0.1, -0.05) is 18.7 Å². The molecule has 0 spiro atoms. The molecule has 0 radical (unpaired) electrons. The maximum absolute atomic E-state index is 12.5. The van der Waals surface area contributed by atoms with Crippen LogP contribution in [0, 0.1) is 12.8 Å². The normalized spacial score (nSPS) is 16.9. The molecule has 0 aliphatic carbocycles. The van der Waals surface area contributed by atoms with Crippen LogP contribution in [0.3, 0.4) is 0 Å². The topological polar surface area (TPSA) is 93.5 Å². The van der Waals surface area contributed by atoms with Crippen molar-refractivity contribution in [1.29, 1.82) is 0 Å². The molecular formula is C15H23N3O4S. The first kappa shape index (κ1) is 18.0. The Kier molecular flexibility index (Phi) is 6.61. The van der Waals surface area contributed by atoms with Gasteiger partial charge in [0, 0.05) is 30.1 Å². The zero-order chi connectivity index (χ0) is 16.8. The predicted octanol–water partition coefficient (Wildman–Crippen LogP) is -0.0389. The number of carbonyl (C=O) groups excluding carboxylic acids is 1. The van der Waals surface area contributed by atoms with E-state index in [0.717, 1.165) is 5.69 Å². The van der Waals surface area contributed by atoms with E-state index in [2.05, 4.69) is 10.3 Å². The zero-order valence-electron chi connectivity index (χ0n) is 13.5. The van der Waals surface area contributed by atoms with Crippen molar-refractivity contribution in [2.45, 2.75) is 32.0 Å². The van der Waals surface area contributed by atoms with Gasteiger partial charge in [-0.05, 0) is 13.3 Å². The standard InChI is InChI=1S/C15H23N3O4S/c1-3-12-10(2)17-15-18(14(12)21)8-11(9-23-15)13(20)16-4-6-22-7-5-19/h11,19H,3-9H2,1-2H3,(H,16,20). The number of aryl methyl sites for hydroxylation is 1. The molecule has 128 valence electrons. The molecule has 2 rings (SSSR count). The molecule has 0 fully saturated rings. The molecule has 1 aromatic rings. The summed E-state index contributed by atoms with van der Waals surface area (Å²) in [6.07, 6.45) is 0.641. The van der Waals surface area contributed by atoms with E-state index >= 15 is 0 Å². The summed E-state index contributed by atoms with van der Waals surface area (Å²) in [6.45, 7) is 5.15. The number of nitrogens with zero attached hydrogens (tertiary/aromatic N) is 2. The summed E-state index contributed by atoms with van der Waals surface area (Å²) in [7, 11) is 0. The zero-order valence-corrected chi connectivity index (χ0v) is 14.3. The van der Waals surface area contributed by atoms with Crippen LogP contribution in [0.5, 0.6) is 0 Å². The highest BCUT2D eigenvalue weighted by Crippen LogP contribution is 2.25. The van der Waals surface area contributed by atoms with Gasteiger partial charge in [-0.3, -0.25) is 14.2 Å². The van der Waals surface area contributed by atoms with Crippen LogP contribution < -0.4 is 10.9 Å². The molecule has 1 aromatic heterocycles. The van der Waals surface area contributed by atoms with Gasteiger partial charge in [-0.2, -0.15) is 0 Å². The van der Waals surface area contributed by atoms with E-state index in [9.17, 15) is 9.59 Å². The maximum atomic E-state index is 12.5. The van der Waals surface area contributed by atoms with Crippen molar-refractivity contribution in [3.05, 3.63) is 21.6 Å². The Balaban J connectivity index is 1.99. The third kappa shape index (κ3) is 4.33. The molecule has 1 unspecified atom stereocenters. The first-order valence-corrected chi connectivity index (χ1v) is 8.76. The Morgan fingerprint density at radius 1 is 1.52 bits per heavy atom. The number of hydrogen-bond donors (Lipinski definition) is 2. The number of rotatable bonds is 7. The number of fused-ring (bicyclic) bond motifs is 1. The molecule has 0 bridgehead atoms. The maximum Gasteiger partial charge on any atom is 0.257 e. The average Bonchev–Trinajstić information content (AvgIpc) is 2.54. The summed E-state index contributed by atoms with van der Waals surface area (Å²) < 4.78 is 6.72. The fourth-order valence-electron chi connectivity index (χ4n) is 2.52. The fraction of sp³-hybridized carbons (Fsp3) is 0.667. The lowest BCUT2D eigenvalue weighted by Crippen LogP contribution is -2.41. The van der Waals surface area contributed by atoms with Gasteiger partial charge in [0.15, 0.2) is 5.16 Å². The van der Waals surface area contributed by atoms with Crippen molar-refractivity contribution in [2.24, 2.45) is 5.92 Å². The second kappa shape index (κ2) is 8.47. The van der Waals surface area contributed by atoms with Crippen LogP contribution in [0.15, 0.2) is 9.95 Å². The number of amides is 1. The summed E-state index contributed by atoms with van der Waals surface area (Å²) in [6, 6.07) is 0. The van der Waals surface area contributed by atoms with Crippen molar-refractivity contribution >= 4 is 17.7 Å². The van der Waals surface area contributed by atoms with Gasteiger partial charge in [-0.25, -0.2) is 4.98 Å². The Bertz CT molecular complexity index is 617. The number of hydrogen-bond acceptors (Lipinski definition) is 6. The number of nitrogens with one attached hydrogen (secondary N) is 1. The van der Waals surface area contributed by atoms with E-state index in [0.29, 0.717) is 42.6 Å². The molecule has 1 amide bonds. The number of aromatic nitrogens is 2. The van der Waals surface area contributed by atoms with Crippen LogP contribution >= 0.6 is 11.8 Å². The molecule has 7 nitrogen and oxygen atoms in total. The number of thioether (sulfide) groups is 1. The smallest absolute Gasteiger partial charge is 0.257 e. The predicted molar refractivity (Wildman–Crippen MR) is 87.7 cm³/mol. The highest BCUT2D eigenvalue weighted by atomic mass is 32.2. The van der Waals surface area contributed by atoms with E-state index < -0.39 is 0 Å². The summed E-state index contributed by atoms with van der Waals surface area (Å²) in [5, 5.41) is 12.1. The molecule has 2 heterocycles. The van der Waals surface area contributed by atoms with Crippen LogP contribution in [0.2, 0.25) is 0 Å². The Labute approximate surface area is 139 Å². The minimum Gasteiger partial charge on any atom is -0.394 e. The lowest BCUT2D eigenvalue weighted by atomic mass is 10.1. The third-order valence-corrected chi connectivity index (χ3v) is 4.90. The lowest BCUT2D eigenvalue weighted by molar-refractivity contribution is -0.125. The van der Waals surface area contributed by atoms with Gasteiger partial charge in [0.05, 0.1) is 25.7 Å². The summed E-state index contributed by atoms with van der Waals surface area (Å²) >= 11 is 1.45. The number of aliphatic hydroxyl groups excluding tert-OH is 1. The Hall–Kier alpha value is -1.38. The second-order valence-corrected chi connectivity index (χ2v) is 6.35. The Morgan fingerprint density at radius 3 is 3.00 bits per heavy atom. The average molecular weight is 341 g/mol. The van der Waals surface area contributed by atoms with Crippen molar-refractivity contribution in [3.63, 3.8) is 0 Å². The Morgan fingerprint density at radius 2 is 2.30 bits per heavy atom. The van der Waals surface area contributed by atoms with Gasteiger partial charge in [-0.15, -0.1) is 0 Å². The van der Waals surface area contributed by atoms with Crippen LogP contribution in [0.25, 0.3) is 0 Å². The molecule has 2 N–H and O–H groups in total. The largest absolute Gasteiger partial charge is 0.394 e. The van der Waals surface area contributed by atoms with Gasteiger partial charge in [0.25, 0.3) is 5.56 Å². The summed E-state index contributed by atoms with van der Waals surface area (Å²) in [4.78, 5) is 29.2. The molecule has 8 heteroatoms. The van der Waals surface area contributed by atoms with Crippen LogP contribution in [-0.2, 0) is 22.5 Å². The number of carbonyl (C=O) groups is 1. The number of aliphatic hydroxyl groups is 1. The quantitative estimate of drug-likeness (QED) is 0.534. The van der Waals surface area contributed by atoms with Crippen molar-refractivity contribution in [1.82, 2.24) is 14.9 Å². The van der Waals surface area contributed by atoms with E-state index in [1.54, 1.807) is 4.57 Å². The molecule has 0 saturated heterocycles. The molecule has 1 aliphatic rings. The highest BCUT2D eigenvalue weighted by Gasteiger charge is 2.27. The SMILES string of the molecule is CCc1c(C)nc2n(c1=O)CC(C(=O)NCCOCCO)CS2. The summed E-state index contributed by atoms with van der Waals surface area (Å²) in [5.41, 5.74) is 1.46. The lowest BCUT2D eigenvalue weighted by Gasteiger charge is -2.25. The van der Waals surface area contributed by atoms with Crippen molar-refractivity contribution in [2.75, 3.05) is 32.1 Å². The number of ether oxygens (including phenoxy) is 1. The fourth-order valence-corrected chi connectivity index (χ4v) is 3.64. The van der Waals surface area contributed by atoms with Crippen molar-refractivity contribution in [3.8, 4) is 0 Å². The molecule has 23 heavy (non-hydrogen) atoms. The van der Waals surface area contributed by atoms with E-state index in [-0.39, 0.29) is 30.6 Å². The van der Waals surface area contributed by atoms with E-state index in [4.69, 9.17) is 9.84 Å². The minimum absolute atomic E-state index is 0.0287. The second-order valence-electron chi connectivity index (χ2n) is 5.36. The van der Waals surface area contributed by atoms with Gasteiger partial charge < -0.3 is 15.2 Å². The monoisotopic (exact) mass is 341 g/mol. The van der Waals surface area contributed by atoms with Crippen LogP contribution in [0.1, 0.15) is 18.2 Å². The highest BCUT2D eigenvalue weighted by molar-refractivity contribution is 7.99. The van der Waals surface area contributed by atoms with Crippen molar-refractivity contribution < 1.29 is 14.6 Å². The molecule has 0 aromatic carbocycles. The minimum atomic E-state index is -0.253. The molecule has 1 aliphatic heterocycles. The van der Waals surface area contributed by atoms with E-state index in [1.807, 2.05) is 13.8 Å². The van der Waals surface area contributed by atoms with E-state index in [1.165, 1.54) is 11.8 Å². The summed E-state index contributed by atoms with van der Waals surface area (Å²) in [5.74, 6) is 0.277. The molecule has 1 atom stereocenters. The molecule has 0 saturated carbocycles. The van der Waals surface area contributed by atoms with Gasteiger partial charge in [0.2, 0.25) is 5.91 Å². The van der Waals surface area contributed by atoms with Gasteiger partial charge in [0.1, 0.15) is 0 Å². The molecular weight excluding hydrogens is 318 g/mol. The van der Waals surface area contributed by atoms with Crippen LogP contribution in [-0.4, -0.2) is 52.7 Å². The van der Waals surface area contributed by atoms with Gasteiger partial charge >= 0.3 is 0 Å². The van der Waals surface area contributed by atoms with Crippen LogP contribution in [0.4, 0.5) is 0 Å². The third-order valence-electron chi connectivity index (χ3n) is 3.76. The first-order valence-electron chi connectivity index (χ1n) is 7.77.